The number of ether oxygens (including phenoxy) is 1. The molecule has 0 bridgehead atoms. The molecule has 2 aromatic heterocycles. The molecule has 0 N–H and O–H groups in total. The van der Waals surface area contributed by atoms with Crippen LogP contribution in [0, 0.1) is 22.9 Å². The molecule has 0 unspecified atom stereocenters. The Morgan fingerprint density at radius 1 is 0.690 bits per heavy atom. The summed E-state index contributed by atoms with van der Waals surface area (Å²) in [6, 6.07) is 56.8. The molecular formula is C52H46N4OPt-2. The number of imidazole rings is 1. The Hall–Kier alpha value is -5.77. The Labute approximate surface area is 352 Å². The van der Waals surface area contributed by atoms with Crippen LogP contribution >= 0.6 is 0 Å². The summed E-state index contributed by atoms with van der Waals surface area (Å²) in [6.07, 6.45) is 2.90. The summed E-state index contributed by atoms with van der Waals surface area (Å²) in [4.78, 5) is 7.01. The first kappa shape index (κ1) is 37.8. The van der Waals surface area contributed by atoms with E-state index in [2.05, 4.69) is 202 Å². The molecule has 1 aliphatic heterocycles. The van der Waals surface area contributed by atoms with Gasteiger partial charge >= 0.3 is 330 Å². The standard InChI is InChI=1S/C52H46N4O.Pt/c1-36-26-28-53-49(30-36)54-29-27-52(5,6)45-25-24-42(34-48(45)54)57-41-21-15-20-40(33-41)55-35-56(47-23-14-13-22-46(47)55)50-43(37-16-9-7-10-17-37)31-39(51(2,3)4)32-44(50)38-18-11-8-12-19-38;/h7-26,28,30-32H,27,29H2,1-6H3;/q-2;. The van der Waals surface area contributed by atoms with Gasteiger partial charge in [-0.2, -0.15) is 0 Å². The van der Waals surface area contributed by atoms with Gasteiger partial charge in [0.05, 0.1) is 0 Å². The third-order valence-electron chi connectivity index (χ3n) is 11.3. The molecule has 0 radical (unpaired) electrons. The quantitative estimate of drug-likeness (QED) is 0.149. The van der Waals surface area contributed by atoms with Gasteiger partial charge in [-0.3, -0.25) is 0 Å². The molecule has 58 heavy (non-hydrogen) atoms. The molecule has 292 valence electrons. The van der Waals surface area contributed by atoms with Crippen molar-refractivity contribution in [3.05, 3.63) is 178 Å². The summed E-state index contributed by atoms with van der Waals surface area (Å²) in [5, 5.41) is 0. The van der Waals surface area contributed by atoms with Crippen LogP contribution in [0.3, 0.4) is 0 Å². The molecule has 9 rings (SSSR count). The number of fused-ring (bicyclic) bond motifs is 2. The first-order valence-corrected chi connectivity index (χ1v) is 21.1. The molecule has 0 atom stereocenters. The molecule has 3 heterocycles. The second-order valence-electron chi connectivity index (χ2n) is 16.9. The monoisotopic (exact) mass is 937 g/mol. The normalized spacial score (nSPS) is 13.8. The SMILES string of the molecule is Cc1ccnc(N2CCC(C)(C)c3ccc(Oc4[c-]c(-n5[c](=[Pt])n(-c6c(-c7ccccc7)cc(C(C)(C)C)cc6-c6ccccc6)c6ccccc65)ccc4)[c-]c32)c1. The van der Waals surface area contributed by atoms with Crippen LogP contribution in [-0.2, 0) is 30.2 Å². The molecule has 0 aliphatic carbocycles. The third kappa shape index (κ3) is 6.96. The predicted octanol–water partition coefficient (Wildman–Crippen LogP) is 13.0. The predicted molar refractivity (Wildman–Crippen MR) is 233 cm³/mol. The van der Waals surface area contributed by atoms with Crippen molar-refractivity contribution in [2.75, 3.05) is 11.4 Å². The molecule has 0 saturated heterocycles. The van der Waals surface area contributed by atoms with Crippen molar-refractivity contribution < 1.29 is 24.1 Å². The minimum absolute atomic E-state index is 0.00610. The van der Waals surface area contributed by atoms with E-state index in [1.54, 1.807) is 0 Å². The van der Waals surface area contributed by atoms with Gasteiger partial charge in [-0.05, 0) is 18.6 Å². The number of anilines is 2. The first-order valence-electron chi connectivity index (χ1n) is 19.9. The van der Waals surface area contributed by atoms with Gasteiger partial charge in [-0.15, -0.1) is 0 Å². The summed E-state index contributed by atoms with van der Waals surface area (Å²) < 4.78 is 12.4. The van der Waals surface area contributed by atoms with Crippen molar-refractivity contribution >= 4 is 22.5 Å². The van der Waals surface area contributed by atoms with Crippen molar-refractivity contribution in [3.63, 3.8) is 0 Å². The van der Waals surface area contributed by atoms with E-state index in [0.29, 0.717) is 11.5 Å². The Bertz CT molecular complexity index is 2800. The van der Waals surface area contributed by atoms with Crippen LogP contribution in [0.15, 0.2) is 146 Å². The summed E-state index contributed by atoms with van der Waals surface area (Å²) in [7, 11) is 0. The van der Waals surface area contributed by atoms with Crippen molar-refractivity contribution in [1.82, 2.24) is 14.1 Å². The van der Waals surface area contributed by atoms with E-state index in [-0.39, 0.29) is 10.8 Å². The van der Waals surface area contributed by atoms with E-state index in [1.807, 2.05) is 30.5 Å². The molecule has 1 aliphatic rings. The maximum absolute atomic E-state index is 6.64. The van der Waals surface area contributed by atoms with Gasteiger partial charge < -0.3 is 0 Å². The summed E-state index contributed by atoms with van der Waals surface area (Å²) in [5.74, 6) is 2.19. The van der Waals surface area contributed by atoms with E-state index in [1.165, 1.54) is 38.9 Å². The van der Waals surface area contributed by atoms with Crippen LogP contribution < -0.4 is 9.64 Å². The Kier molecular flexibility index (Phi) is 9.69. The number of aryl methyl sites for hydroxylation is 1. The van der Waals surface area contributed by atoms with Crippen molar-refractivity contribution in [3.8, 4) is 45.1 Å². The van der Waals surface area contributed by atoms with Crippen LogP contribution in [0.2, 0.25) is 0 Å². The fourth-order valence-corrected chi connectivity index (χ4v) is 9.17. The second kappa shape index (κ2) is 14.9. The van der Waals surface area contributed by atoms with Gasteiger partial charge in [0.1, 0.15) is 0 Å². The number of hydrogen-bond acceptors (Lipinski definition) is 3. The fraction of sp³-hybridized carbons (Fsp3) is 0.192. The third-order valence-corrected chi connectivity index (χ3v) is 12.3. The van der Waals surface area contributed by atoms with Gasteiger partial charge in [0.2, 0.25) is 0 Å². The van der Waals surface area contributed by atoms with Crippen LogP contribution in [0.25, 0.3) is 44.7 Å². The van der Waals surface area contributed by atoms with E-state index < -0.39 is 0 Å². The van der Waals surface area contributed by atoms with E-state index in [4.69, 9.17) is 9.72 Å². The molecule has 0 fully saturated rings. The van der Waals surface area contributed by atoms with Gasteiger partial charge in [0.15, 0.2) is 0 Å². The van der Waals surface area contributed by atoms with Gasteiger partial charge in [-0.25, -0.2) is 0 Å². The van der Waals surface area contributed by atoms with Crippen LogP contribution in [-0.4, -0.2) is 20.7 Å². The number of benzene rings is 6. The van der Waals surface area contributed by atoms with Crippen LogP contribution in [0.4, 0.5) is 11.5 Å². The van der Waals surface area contributed by atoms with E-state index >= 15 is 0 Å². The van der Waals surface area contributed by atoms with Gasteiger partial charge in [0.25, 0.3) is 0 Å². The second-order valence-corrected chi connectivity index (χ2v) is 17.9. The Morgan fingerprint density at radius 3 is 1.95 bits per heavy atom. The number of para-hydroxylation sites is 2. The number of nitrogens with zero attached hydrogens (tertiary/aromatic N) is 4. The van der Waals surface area contributed by atoms with Crippen molar-refractivity contribution in [1.29, 1.82) is 0 Å². The fourth-order valence-electron chi connectivity index (χ4n) is 8.10. The molecule has 0 saturated carbocycles. The van der Waals surface area contributed by atoms with E-state index in [0.717, 1.165) is 50.7 Å². The molecule has 6 heteroatoms. The number of hydrogen-bond donors (Lipinski definition) is 0. The molecule has 8 aromatic rings. The summed E-state index contributed by atoms with van der Waals surface area (Å²) in [5.41, 5.74) is 13.6. The zero-order valence-electron chi connectivity index (χ0n) is 33.8. The van der Waals surface area contributed by atoms with Crippen molar-refractivity contribution in [2.45, 2.75) is 58.8 Å². The molecule has 0 amide bonds. The zero-order chi connectivity index (χ0) is 40.2. The number of pyridine rings is 1. The minimum atomic E-state index is -0.0611. The summed E-state index contributed by atoms with van der Waals surface area (Å²) in [6.45, 7) is 14.4. The number of rotatable bonds is 7. The van der Waals surface area contributed by atoms with E-state index in [9.17, 15) is 0 Å². The molecular weight excluding hydrogens is 892 g/mol. The van der Waals surface area contributed by atoms with Crippen molar-refractivity contribution in [2.24, 2.45) is 0 Å². The van der Waals surface area contributed by atoms with Crippen LogP contribution in [0.1, 0.15) is 57.7 Å². The number of aromatic nitrogens is 3. The Morgan fingerprint density at radius 2 is 1.31 bits per heavy atom. The van der Waals surface area contributed by atoms with Gasteiger partial charge in [-0.1, -0.05) is 0 Å². The van der Waals surface area contributed by atoms with Gasteiger partial charge in [0, 0.05) is 6.20 Å². The Balaban J connectivity index is 1.19. The summed E-state index contributed by atoms with van der Waals surface area (Å²) >= 11 is 2.49. The molecule has 0 spiro atoms. The topological polar surface area (TPSA) is 35.2 Å². The maximum atomic E-state index is 6.64. The average molecular weight is 938 g/mol. The molecule has 6 aromatic carbocycles. The van der Waals surface area contributed by atoms with Crippen LogP contribution in [0.5, 0.6) is 11.5 Å². The average Bonchev–Trinajstić information content (AvgIpc) is 3.51. The molecule has 5 nitrogen and oxygen atoms in total. The zero-order valence-corrected chi connectivity index (χ0v) is 36.1. The first-order chi connectivity index (χ1) is 28.0.